The van der Waals surface area contributed by atoms with Crippen LogP contribution < -0.4 is 5.32 Å². The van der Waals surface area contributed by atoms with Crippen molar-refractivity contribution in [2.45, 2.75) is 25.8 Å². The number of hydrogen-bond acceptors (Lipinski definition) is 5. The number of nitrogens with zero attached hydrogens (tertiary/aromatic N) is 1. The maximum atomic E-state index is 11.8. The quantitative estimate of drug-likeness (QED) is 0.471. The number of hydrogen-bond donors (Lipinski definition) is 1. The van der Waals surface area contributed by atoms with Gasteiger partial charge in [-0.3, -0.25) is 14.9 Å². The van der Waals surface area contributed by atoms with Crippen molar-refractivity contribution in [3.63, 3.8) is 0 Å². The fraction of sp³-hybridized carbons (Fsp3) is 0.429. The van der Waals surface area contributed by atoms with Crippen LogP contribution in [0.3, 0.4) is 0 Å². The number of amides is 1. The number of esters is 1. The van der Waals surface area contributed by atoms with Gasteiger partial charge in [0.15, 0.2) is 6.61 Å². The van der Waals surface area contributed by atoms with Gasteiger partial charge in [-0.15, -0.1) is 0 Å². The summed E-state index contributed by atoms with van der Waals surface area (Å²) in [7, 11) is 0. The number of carbonyl (C=O) groups excluding carboxylic acids is 2. The molecule has 0 heterocycles. The largest absolute Gasteiger partial charge is 0.452 e. The number of rotatable bonds is 6. The molecule has 1 fully saturated rings. The zero-order chi connectivity index (χ0) is 16.3. The highest BCUT2D eigenvalue weighted by molar-refractivity contribution is 9.10. The van der Waals surface area contributed by atoms with E-state index < -0.39 is 17.5 Å². The molecule has 1 aliphatic carbocycles. The van der Waals surface area contributed by atoms with Gasteiger partial charge in [-0.1, -0.05) is 0 Å². The lowest BCUT2D eigenvalue weighted by molar-refractivity contribution is -0.385. The molecular formula is C14H15BrN2O5. The monoisotopic (exact) mass is 370 g/mol. The van der Waals surface area contributed by atoms with Crippen molar-refractivity contribution in [2.24, 2.45) is 5.92 Å². The Hall–Kier alpha value is -1.96. The number of nitrogens with one attached hydrogen (secondary N) is 1. The molecule has 1 amide bonds. The highest BCUT2D eigenvalue weighted by Gasteiger charge is 2.29. The molecule has 1 N–H and O–H groups in total. The van der Waals surface area contributed by atoms with Gasteiger partial charge in [0.05, 0.1) is 15.0 Å². The van der Waals surface area contributed by atoms with E-state index in [9.17, 15) is 19.7 Å². The van der Waals surface area contributed by atoms with Crippen molar-refractivity contribution < 1.29 is 19.2 Å². The van der Waals surface area contributed by atoms with E-state index in [0.29, 0.717) is 5.92 Å². The Morgan fingerprint density at radius 2 is 2.18 bits per heavy atom. The summed E-state index contributed by atoms with van der Waals surface area (Å²) in [6, 6.07) is 3.96. The van der Waals surface area contributed by atoms with Gasteiger partial charge in [-0.25, -0.2) is 4.79 Å². The van der Waals surface area contributed by atoms with Crippen molar-refractivity contribution in [1.29, 1.82) is 0 Å². The van der Waals surface area contributed by atoms with E-state index in [1.165, 1.54) is 12.1 Å². The third-order valence-corrected chi connectivity index (χ3v) is 4.10. The molecule has 1 aromatic rings. The predicted octanol–water partition coefficient (Wildman–Crippen LogP) is 2.43. The fourth-order valence-electron chi connectivity index (χ4n) is 2.00. The summed E-state index contributed by atoms with van der Waals surface area (Å²) >= 11 is 3.03. The van der Waals surface area contributed by atoms with Gasteiger partial charge in [0.1, 0.15) is 0 Å². The highest BCUT2D eigenvalue weighted by atomic mass is 79.9. The normalized spacial score (nSPS) is 15.0. The number of carbonyl (C=O) groups is 2. The zero-order valence-electron chi connectivity index (χ0n) is 11.9. The van der Waals surface area contributed by atoms with Crippen LogP contribution in [0.1, 0.15) is 30.1 Å². The number of nitro groups is 1. The van der Waals surface area contributed by atoms with Crippen LogP contribution in [0.25, 0.3) is 0 Å². The second-order valence-electron chi connectivity index (χ2n) is 5.19. The highest BCUT2D eigenvalue weighted by Crippen LogP contribution is 2.32. The Balaban J connectivity index is 1.90. The second kappa shape index (κ2) is 6.87. The van der Waals surface area contributed by atoms with E-state index in [2.05, 4.69) is 21.2 Å². The first-order chi connectivity index (χ1) is 10.4. The minimum absolute atomic E-state index is 0.0259. The molecule has 0 radical (unpaired) electrons. The molecule has 1 aromatic carbocycles. The van der Waals surface area contributed by atoms with Gasteiger partial charge in [0, 0.05) is 12.1 Å². The van der Waals surface area contributed by atoms with Crippen LogP contribution in [-0.2, 0) is 9.53 Å². The van der Waals surface area contributed by atoms with E-state index in [1.54, 1.807) is 0 Å². The smallest absolute Gasteiger partial charge is 0.338 e. The van der Waals surface area contributed by atoms with Crippen molar-refractivity contribution >= 4 is 33.5 Å². The summed E-state index contributed by atoms with van der Waals surface area (Å²) in [5.74, 6) is -0.641. The molecule has 0 unspecified atom stereocenters. The standard InChI is InChI=1S/C14H15BrN2O5/c1-8(9-2-3-9)16-13(18)7-22-14(19)10-4-5-11(15)12(6-10)17(20)21/h4-6,8-9H,2-3,7H2,1H3,(H,16,18)/t8-/m0/s1. The number of ether oxygens (including phenoxy) is 1. The number of halogens is 1. The molecule has 0 spiro atoms. The molecule has 1 saturated carbocycles. The molecule has 22 heavy (non-hydrogen) atoms. The van der Waals surface area contributed by atoms with Crippen molar-refractivity contribution in [2.75, 3.05) is 6.61 Å². The van der Waals surface area contributed by atoms with Gasteiger partial charge in [-0.2, -0.15) is 0 Å². The van der Waals surface area contributed by atoms with E-state index >= 15 is 0 Å². The summed E-state index contributed by atoms with van der Waals surface area (Å²) < 4.78 is 5.15. The van der Waals surface area contributed by atoms with Gasteiger partial charge >= 0.3 is 5.97 Å². The first-order valence-corrected chi connectivity index (χ1v) is 7.58. The van der Waals surface area contributed by atoms with Gasteiger partial charge in [0.25, 0.3) is 11.6 Å². The summed E-state index contributed by atoms with van der Waals surface area (Å²) in [4.78, 5) is 33.7. The van der Waals surface area contributed by atoms with Crippen molar-refractivity contribution in [1.82, 2.24) is 5.32 Å². The van der Waals surface area contributed by atoms with Crippen LogP contribution in [0, 0.1) is 16.0 Å². The van der Waals surface area contributed by atoms with Crippen LogP contribution in [0.4, 0.5) is 5.69 Å². The molecule has 7 nitrogen and oxygen atoms in total. The minimum Gasteiger partial charge on any atom is -0.452 e. The van der Waals surface area contributed by atoms with Gasteiger partial charge < -0.3 is 10.1 Å². The van der Waals surface area contributed by atoms with E-state index in [1.807, 2.05) is 6.92 Å². The van der Waals surface area contributed by atoms with Crippen LogP contribution in [0.15, 0.2) is 22.7 Å². The summed E-state index contributed by atoms with van der Waals surface area (Å²) in [5, 5.41) is 13.6. The zero-order valence-corrected chi connectivity index (χ0v) is 13.5. The molecule has 1 atom stereocenters. The lowest BCUT2D eigenvalue weighted by atomic mass is 10.2. The SMILES string of the molecule is C[C@H](NC(=O)COC(=O)c1ccc(Br)c([N+](=O)[O-])c1)C1CC1. The van der Waals surface area contributed by atoms with E-state index in [4.69, 9.17) is 4.74 Å². The van der Waals surface area contributed by atoms with Gasteiger partial charge in [0.2, 0.25) is 0 Å². The lowest BCUT2D eigenvalue weighted by Gasteiger charge is -2.12. The Labute approximate surface area is 135 Å². The summed E-state index contributed by atoms with van der Waals surface area (Å²) in [6.45, 7) is 1.51. The average molecular weight is 371 g/mol. The number of benzene rings is 1. The Morgan fingerprint density at radius 1 is 1.50 bits per heavy atom. The molecular weight excluding hydrogens is 356 g/mol. The molecule has 8 heteroatoms. The number of nitro benzene ring substituents is 1. The Kier molecular flexibility index (Phi) is 5.12. The molecule has 2 rings (SSSR count). The van der Waals surface area contributed by atoms with Crippen LogP contribution in [0.5, 0.6) is 0 Å². The maximum absolute atomic E-state index is 11.8. The van der Waals surface area contributed by atoms with Gasteiger partial charge in [-0.05, 0) is 53.7 Å². The Morgan fingerprint density at radius 3 is 2.77 bits per heavy atom. The molecule has 0 aliphatic heterocycles. The van der Waals surface area contributed by atoms with Crippen molar-refractivity contribution in [3.05, 3.63) is 38.3 Å². The average Bonchev–Trinajstić information content (AvgIpc) is 3.29. The third kappa shape index (κ3) is 4.27. The second-order valence-corrected chi connectivity index (χ2v) is 6.05. The molecule has 0 saturated heterocycles. The summed E-state index contributed by atoms with van der Waals surface area (Å²) in [5.41, 5.74) is -0.209. The molecule has 0 aromatic heterocycles. The maximum Gasteiger partial charge on any atom is 0.338 e. The van der Waals surface area contributed by atoms with Crippen molar-refractivity contribution in [3.8, 4) is 0 Å². The van der Waals surface area contributed by atoms with Crippen LogP contribution in [-0.4, -0.2) is 29.4 Å². The van der Waals surface area contributed by atoms with Crippen LogP contribution >= 0.6 is 15.9 Å². The molecule has 0 bridgehead atoms. The Bertz CT molecular complexity index is 615. The third-order valence-electron chi connectivity index (χ3n) is 3.43. The predicted molar refractivity (Wildman–Crippen MR) is 81.4 cm³/mol. The fourth-order valence-corrected chi connectivity index (χ4v) is 2.40. The molecule has 1 aliphatic rings. The summed E-state index contributed by atoms with van der Waals surface area (Å²) in [6.07, 6.45) is 2.20. The van der Waals surface area contributed by atoms with Crippen LogP contribution in [0.2, 0.25) is 0 Å². The van der Waals surface area contributed by atoms with E-state index in [-0.39, 0.29) is 27.7 Å². The first kappa shape index (κ1) is 16.4. The lowest BCUT2D eigenvalue weighted by Crippen LogP contribution is -2.37. The molecule has 118 valence electrons. The minimum atomic E-state index is -0.773. The topological polar surface area (TPSA) is 98.5 Å². The van der Waals surface area contributed by atoms with E-state index in [0.717, 1.165) is 18.9 Å². The first-order valence-electron chi connectivity index (χ1n) is 6.79.